The van der Waals surface area contributed by atoms with Crippen molar-refractivity contribution in [2.75, 3.05) is 10.6 Å². The molecule has 2 amide bonds. The van der Waals surface area contributed by atoms with E-state index < -0.39 is 23.3 Å². The fourth-order valence-corrected chi connectivity index (χ4v) is 2.96. The number of nitrogens with two attached hydrogens (primary N) is 1. The molecule has 1 aliphatic rings. The molecule has 5 N–H and O–H groups in total. The molecule has 8 nitrogen and oxygen atoms in total. The standard InChI is InChI=1S/C14H11Cl2N5O3/c15-5-1-6(16)3-7(2-5)18-14-20-12-10(13(24)21-14)8(11(17)23)4-9(22)19-12/h1-3,8H,4H2,(H2,17,23)(H3,18,19,20,21,22,24)/t8-/m0/s1. The van der Waals surface area contributed by atoms with Crippen LogP contribution < -0.4 is 21.9 Å². The number of hydrogen-bond donors (Lipinski definition) is 4. The number of hydrogen-bond acceptors (Lipinski definition) is 5. The molecule has 1 atom stereocenters. The molecule has 0 radical (unpaired) electrons. The van der Waals surface area contributed by atoms with Crippen molar-refractivity contribution in [3.63, 3.8) is 0 Å². The van der Waals surface area contributed by atoms with Gasteiger partial charge in [0.15, 0.2) is 0 Å². The summed E-state index contributed by atoms with van der Waals surface area (Å²) < 4.78 is 0. The molecular weight excluding hydrogens is 357 g/mol. The lowest BCUT2D eigenvalue weighted by Crippen LogP contribution is -2.36. The molecule has 1 aromatic heterocycles. The van der Waals surface area contributed by atoms with Gasteiger partial charge < -0.3 is 16.4 Å². The number of rotatable bonds is 3. The highest BCUT2D eigenvalue weighted by molar-refractivity contribution is 6.35. The van der Waals surface area contributed by atoms with Gasteiger partial charge in [-0.2, -0.15) is 4.98 Å². The van der Waals surface area contributed by atoms with Crippen molar-refractivity contribution >= 4 is 52.5 Å². The highest BCUT2D eigenvalue weighted by Crippen LogP contribution is 2.29. The quantitative estimate of drug-likeness (QED) is 0.656. The summed E-state index contributed by atoms with van der Waals surface area (Å²) in [6, 6.07) is 4.71. The molecule has 2 aromatic rings. The third-order valence-electron chi connectivity index (χ3n) is 3.42. The SMILES string of the molecule is NC(=O)[C@H]1CC(=O)Nc2nc(Nc3cc(Cl)cc(Cl)c3)[nH]c(=O)c21. The molecule has 0 aliphatic carbocycles. The maximum absolute atomic E-state index is 12.3. The Balaban J connectivity index is 2.02. The first-order chi connectivity index (χ1) is 11.3. The van der Waals surface area contributed by atoms with Crippen LogP contribution >= 0.6 is 23.2 Å². The minimum atomic E-state index is -1.01. The summed E-state index contributed by atoms with van der Waals surface area (Å²) in [5.41, 5.74) is 5.22. The maximum Gasteiger partial charge on any atom is 0.258 e. The van der Waals surface area contributed by atoms with Crippen molar-refractivity contribution < 1.29 is 9.59 Å². The van der Waals surface area contributed by atoms with Gasteiger partial charge in [0, 0.05) is 22.2 Å². The van der Waals surface area contributed by atoms with Crippen molar-refractivity contribution in [1.82, 2.24) is 9.97 Å². The average Bonchev–Trinajstić information content (AvgIpc) is 2.44. The summed E-state index contributed by atoms with van der Waals surface area (Å²) in [6.07, 6.45) is -0.191. The zero-order chi connectivity index (χ0) is 17.4. The minimum absolute atomic E-state index is 0.00516. The molecule has 0 unspecified atom stereocenters. The number of benzene rings is 1. The number of carbonyl (C=O) groups is 2. The van der Waals surface area contributed by atoms with E-state index in [4.69, 9.17) is 28.9 Å². The van der Waals surface area contributed by atoms with Crippen LogP contribution in [0.3, 0.4) is 0 Å². The summed E-state index contributed by atoms with van der Waals surface area (Å²) in [5, 5.41) is 6.09. The van der Waals surface area contributed by atoms with E-state index in [2.05, 4.69) is 20.6 Å². The molecule has 0 bridgehead atoms. The van der Waals surface area contributed by atoms with E-state index in [0.29, 0.717) is 15.7 Å². The molecule has 0 saturated carbocycles. The molecule has 10 heteroatoms. The number of halogens is 2. The Kier molecular flexibility index (Phi) is 4.16. The zero-order valence-corrected chi connectivity index (χ0v) is 13.5. The summed E-state index contributed by atoms with van der Waals surface area (Å²) in [6.45, 7) is 0. The van der Waals surface area contributed by atoms with Crippen LogP contribution in [0.1, 0.15) is 17.9 Å². The van der Waals surface area contributed by atoms with Crippen molar-refractivity contribution in [2.45, 2.75) is 12.3 Å². The van der Waals surface area contributed by atoms with Gasteiger partial charge in [-0.1, -0.05) is 23.2 Å². The van der Waals surface area contributed by atoms with Gasteiger partial charge in [0.1, 0.15) is 5.82 Å². The highest BCUT2D eigenvalue weighted by atomic mass is 35.5. The van der Waals surface area contributed by atoms with Crippen molar-refractivity contribution in [3.8, 4) is 0 Å². The number of H-pyrrole nitrogens is 1. The predicted molar refractivity (Wildman–Crippen MR) is 89.8 cm³/mol. The van der Waals surface area contributed by atoms with Gasteiger partial charge in [-0.15, -0.1) is 0 Å². The highest BCUT2D eigenvalue weighted by Gasteiger charge is 2.33. The zero-order valence-electron chi connectivity index (χ0n) is 12.0. The molecule has 3 rings (SSSR count). The summed E-state index contributed by atoms with van der Waals surface area (Å²) >= 11 is 11.8. The Morgan fingerprint density at radius 3 is 2.54 bits per heavy atom. The van der Waals surface area contributed by atoms with Gasteiger partial charge in [-0.05, 0) is 18.2 Å². The second-order valence-corrected chi connectivity index (χ2v) is 6.04. The first-order valence-electron chi connectivity index (χ1n) is 6.80. The number of fused-ring (bicyclic) bond motifs is 1. The molecule has 24 heavy (non-hydrogen) atoms. The molecule has 0 spiro atoms. The molecule has 0 fully saturated rings. The van der Waals surface area contributed by atoms with Gasteiger partial charge in [0.2, 0.25) is 17.8 Å². The number of nitrogens with one attached hydrogen (secondary N) is 3. The monoisotopic (exact) mass is 367 g/mol. The Morgan fingerprint density at radius 1 is 1.25 bits per heavy atom. The molecule has 1 aromatic carbocycles. The van der Waals surface area contributed by atoms with E-state index in [9.17, 15) is 14.4 Å². The van der Waals surface area contributed by atoms with Crippen LogP contribution in [0.4, 0.5) is 17.5 Å². The number of aromatic amines is 1. The van der Waals surface area contributed by atoms with Crippen molar-refractivity contribution in [2.24, 2.45) is 5.73 Å². The molecule has 124 valence electrons. The first kappa shape index (κ1) is 16.3. The summed E-state index contributed by atoms with van der Waals surface area (Å²) in [7, 11) is 0. The fourth-order valence-electron chi connectivity index (χ4n) is 2.44. The Hall–Kier alpha value is -2.58. The maximum atomic E-state index is 12.3. The summed E-state index contributed by atoms with van der Waals surface area (Å²) in [4.78, 5) is 42.1. The van der Waals surface area contributed by atoms with E-state index in [0.717, 1.165) is 0 Å². The van der Waals surface area contributed by atoms with E-state index >= 15 is 0 Å². The normalized spacial score (nSPS) is 16.2. The number of carbonyl (C=O) groups excluding carboxylic acids is 2. The topological polar surface area (TPSA) is 130 Å². The number of aromatic nitrogens is 2. The lowest BCUT2D eigenvalue weighted by molar-refractivity contribution is -0.124. The fraction of sp³-hybridized carbons (Fsp3) is 0.143. The lowest BCUT2D eigenvalue weighted by atomic mass is 9.93. The summed E-state index contributed by atoms with van der Waals surface area (Å²) in [5.74, 6) is -2.17. The van der Waals surface area contributed by atoms with Crippen LogP contribution in [0.25, 0.3) is 0 Å². The van der Waals surface area contributed by atoms with Crippen LogP contribution in [0, 0.1) is 0 Å². The lowest BCUT2D eigenvalue weighted by Gasteiger charge is -2.22. The minimum Gasteiger partial charge on any atom is -0.369 e. The van der Waals surface area contributed by atoms with Gasteiger partial charge in [0.25, 0.3) is 5.56 Å². The van der Waals surface area contributed by atoms with Gasteiger partial charge in [0.05, 0.1) is 11.5 Å². The van der Waals surface area contributed by atoms with E-state index in [1.165, 1.54) is 0 Å². The third kappa shape index (κ3) is 3.19. The predicted octanol–water partition coefficient (Wildman–Crippen LogP) is 1.73. The first-order valence-corrected chi connectivity index (χ1v) is 7.55. The number of primary amides is 1. The van der Waals surface area contributed by atoms with Crippen molar-refractivity contribution in [3.05, 3.63) is 44.2 Å². The smallest absolute Gasteiger partial charge is 0.258 e. The van der Waals surface area contributed by atoms with Gasteiger partial charge >= 0.3 is 0 Å². The van der Waals surface area contributed by atoms with Crippen LogP contribution in [-0.4, -0.2) is 21.8 Å². The van der Waals surface area contributed by atoms with Gasteiger partial charge in [-0.3, -0.25) is 19.4 Å². The molecule has 1 aliphatic heterocycles. The van der Waals surface area contributed by atoms with E-state index in [1.54, 1.807) is 18.2 Å². The van der Waals surface area contributed by atoms with E-state index in [-0.39, 0.29) is 23.8 Å². The Bertz CT molecular complexity index is 892. The van der Waals surface area contributed by atoms with Crippen LogP contribution in [0.5, 0.6) is 0 Å². The second kappa shape index (κ2) is 6.14. The molecule has 0 saturated heterocycles. The second-order valence-electron chi connectivity index (χ2n) is 5.17. The molecule has 2 heterocycles. The van der Waals surface area contributed by atoms with E-state index in [1.807, 2.05) is 0 Å². The largest absolute Gasteiger partial charge is 0.369 e. The Morgan fingerprint density at radius 2 is 1.92 bits per heavy atom. The average molecular weight is 368 g/mol. The van der Waals surface area contributed by atoms with Crippen LogP contribution in [-0.2, 0) is 9.59 Å². The number of nitrogens with zero attached hydrogens (tertiary/aromatic N) is 1. The third-order valence-corrected chi connectivity index (χ3v) is 3.86. The van der Waals surface area contributed by atoms with Gasteiger partial charge in [-0.25, -0.2) is 0 Å². The van der Waals surface area contributed by atoms with Crippen LogP contribution in [0.15, 0.2) is 23.0 Å². The molecular formula is C14H11Cl2N5O3. The number of amides is 2. The van der Waals surface area contributed by atoms with Crippen LogP contribution in [0.2, 0.25) is 10.0 Å². The van der Waals surface area contributed by atoms with Crippen molar-refractivity contribution in [1.29, 1.82) is 0 Å². The number of anilines is 3. The Labute approximate surface area is 145 Å².